The van der Waals surface area contributed by atoms with E-state index >= 15 is 0 Å². The molecule has 0 saturated carbocycles. The van der Waals surface area contributed by atoms with Crippen LogP contribution in [0.2, 0.25) is 0 Å². The zero-order valence-electron chi connectivity index (χ0n) is 11.8. The molecule has 0 spiro atoms. The van der Waals surface area contributed by atoms with Gasteiger partial charge in [-0.2, -0.15) is 5.26 Å². The number of hydrogen-bond donors (Lipinski definition) is 0. The number of ether oxygens (including phenoxy) is 1. The minimum absolute atomic E-state index is 0.132. The Kier molecular flexibility index (Phi) is 4.15. The summed E-state index contributed by atoms with van der Waals surface area (Å²) in [4.78, 5) is 0. The Morgan fingerprint density at radius 2 is 1.70 bits per heavy atom. The van der Waals surface area contributed by atoms with Gasteiger partial charge < -0.3 is 4.74 Å². The van der Waals surface area contributed by atoms with Gasteiger partial charge in [-0.25, -0.2) is 0 Å². The minimum Gasteiger partial charge on any atom is -0.456 e. The highest BCUT2D eigenvalue weighted by molar-refractivity contribution is 9.10. The lowest BCUT2D eigenvalue weighted by Gasteiger charge is -2.19. The third-order valence-corrected chi connectivity index (χ3v) is 3.63. The number of rotatable bonds is 2. The summed E-state index contributed by atoms with van der Waals surface area (Å²) in [6.07, 6.45) is 0. The molecule has 0 amide bonds. The Hall–Kier alpha value is -1.79. The Morgan fingerprint density at radius 1 is 1.05 bits per heavy atom. The van der Waals surface area contributed by atoms with Crippen LogP contribution >= 0.6 is 15.9 Å². The summed E-state index contributed by atoms with van der Waals surface area (Å²) >= 11 is 3.42. The van der Waals surface area contributed by atoms with E-state index in [1.807, 2.05) is 12.1 Å². The third kappa shape index (κ3) is 3.40. The molecule has 102 valence electrons. The lowest BCUT2D eigenvalue weighted by molar-refractivity contribution is 0.478. The van der Waals surface area contributed by atoms with Crippen LogP contribution in [0.15, 0.2) is 46.9 Å². The monoisotopic (exact) mass is 329 g/mol. The van der Waals surface area contributed by atoms with E-state index in [0.29, 0.717) is 11.3 Å². The average molecular weight is 330 g/mol. The molecule has 20 heavy (non-hydrogen) atoms. The zero-order valence-corrected chi connectivity index (χ0v) is 13.4. The minimum atomic E-state index is 0.132. The first-order valence-corrected chi connectivity index (χ1v) is 7.17. The molecule has 2 aromatic carbocycles. The predicted octanol–water partition coefficient (Wildman–Crippen LogP) is 5.41. The molecule has 2 nitrogen and oxygen atoms in total. The molecule has 0 atom stereocenters. The number of nitrogens with zero attached hydrogens (tertiary/aromatic N) is 1. The summed E-state index contributed by atoms with van der Waals surface area (Å²) in [6, 6.07) is 15.5. The topological polar surface area (TPSA) is 33.0 Å². The molecule has 0 aliphatic carbocycles. The van der Waals surface area contributed by atoms with Crippen LogP contribution < -0.4 is 4.74 Å². The third-order valence-electron chi connectivity index (χ3n) is 3.01. The molecule has 0 unspecified atom stereocenters. The maximum atomic E-state index is 8.84. The number of benzene rings is 2. The van der Waals surface area contributed by atoms with Crippen molar-refractivity contribution >= 4 is 15.9 Å². The maximum Gasteiger partial charge on any atom is 0.141 e. The van der Waals surface area contributed by atoms with Crippen molar-refractivity contribution in [3.63, 3.8) is 0 Å². The largest absolute Gasteiger partial charge is 0.456 e. The van der Waals surface area contributed by atoms with Gasteiger partial charge in [-0.1, -0.05) is 32.9 Å². The summed E-state index contributed by atoms with van der Waals surface area (Å²) in [6.45, 7) is 6.54. The van der Waals surface area contributed by atoms with Gasteiger partial charge in [-0.3, -0.25) is 0 Å². The molecule has 2 rings (SSSR count). The van der Waals surface area contributed by atoms with Crippen molar-refractivity contribution in [1.82, 2.24) is 0 Å². The van der Waals surface area contributed by atoms with E-state index in [1.165, 1.54) is 5.56 Å². The van der Waals surface area contributed by atoms with Gasteiger partial charge in [0.25, 0.3) is 0 Å². The van der Waals surface area contributed by atoms with Gasteiger partial charge in [0.05, 0.1) is 16.1 Å². The van der Waals surface area contributed by atoms with Crippen molar-refractivity contribution in [3.05, 3.63) is 58.1 Å². The van der Waals surface area contributed by atoms with E-state index in [2.05, 4.69) is 54.9 Å². The van der Waals surface area contributed by atoms with Crippen LogP contribution in [0.25, 0.3) is 0 Å². The van der Waals surface area contributed by atoms with Gasteiger partial charge in [0, 0.05) is 0 Å². The van der Waals surface area contributed by atoms with Crippen molar-refractivity contribution in [2.24, 2.45) is 0 Å². The summed E-state index contributed by atoms with van der Waals surface area (Å²) in [5.41, 5.74) is 2.00. The number of hydrogen-bond acceptors (Lipinski definition) is 2. The second-order valence-corrected chi connectivity index (χ2v) is 6.49. The Bertz CT molecular complexity index is 648. The van der Waals surface area contributed by atoms with Crippen LogP contribution in [0.1, 0.15) is 31.9 Å². The van der Waals surface area contributed by atoms with Crippen molar-refractivity contribution in [1.29, 1.82) is 5.26 Å². The highest BCUT2D eigenvalue weighted by Crippen LogP contribution is 2.31. The van der Waals surface area contributed by atoms with Crippen molar-refractivity contribution < 1.29 is 4.74 Å². The molecule has 0 radical (unpaired) electrons. The highest BCUT2D eigenvalue weighted by atomic mass is 79.9. The fourth-order valence-corrected chi connectivity index (χ4v) is 2.26. The molecule has 2 aromatic rings. The quantitative estimate of drug-likeness (QED) is 0.737. The van der Waals surface area contributed by atoms with Crippen LogP contribution in [0.5, 0.6) is 11.5 Å². The molecule has 0 N–H and O–H groups in total. The first-order chi connectivity index (χ1) is 9.40. The lowest BCUT2D eigenvalue weighted by atomic mass is 9.87. The normalized spacial score (nSPS) is 10.9. The average Bonchev–Trinajstić information content (AvgIpc) is 2.40. The first-order valence-electron chi connectivity index (χ1n) is 6.38. The summed E-state index contributed by atoms with van der Waals surface area (Å²) in [7, 11) is 0. The molecule has 0 bridgehead atoms. The summed E-state index contributed by atoms with van der Waals surface area (Å²) in [5, 5.41) is 8.84. The first kappa shape index (κ1) is 14.6. The Balaban J connectivity index is 2.21. The van der Waals surface area contributed by atoms with Crippen molar-refractivity contribution in [3.8, 4) is 17.6 Å². The molecular formula is C17H16BrNO. The predicted molar refractivity (Wildman–Crippen MR) is 84.1 cm³/mol. The van der Waals surface area contributed by atoms with Gasteiger partial charge in [-0.05, 0) is 57.2 Å². The van der Waals surface area contributed by atoms with Crippen LogP contribution in [-0.2, 0) is 5.41 Å². The molecular weight excluding hydrogens is 314 g/mol. The van der Waals surface area contributed by atoms with Crippen LogP contribution in [0.3, 0.4) is 0 Å². The zero-order chi connectivity index (χ0) is 14.8. The fourth-order valence-electron chi connectivity index (χ4n) is 1.80. The van der Waals surface area contributed by atoms with E-state index in [4.69, 9.17) is 10.00 Å². The molecule has 0 heterocycles. The van der Waals surface area contributed by atoms with Gasteiger partial charge in [0.2, 0.25) is 0 Å². The number of halogens is 1. The molecule has 3 heteroatoms. The lowest BCUT2D eigenvalue weighted by Crippen LogP contribution is -2.10. The Labute approximate surface area is 128 Å². The SMILES string of the molecule is CC(C)(C)c1ccc(Oc2ccc(C#N)cc2Br)cc1. The van der Waals surface area contributed by atoms with Crippen LogP contribution in [-0.4, -0.2) is 0 Å². The van der Waals surface area contributed by atoms with Crippen molar-refractivity contribution in [2.75, 3.05) is 0 Å². The fraction of sp³-hybridized carbons (Fsp3) is 0.235. The van der Waals surface area contributed by atoms with Gasteiger partial charge in [-0.15, -0.1) is 0 Å². The molecule has 0 saturated heterocycles. The van der Waals surface area contributed by atoms with Crippen LogP contribution in [0, 0.1) is 11.3 Å². The smallest absolute Gasteiger partial charge is 0.141 e. The van der Waals surface area contributed by atoms with E-state index in [0.717, 1.165) is 10.2 Å². The molecule has 0 aliphatic rings. The van der Waals surface area contributed by atoms with Gasteiger partial charge >= 0.3 is 0 Å². The van der Waals surface area contributed by atoms with Gasteiger partial charge in [0.1, 0.15) is 11.5 Å². The summed E-state index contributed by atoms with van der Waals surface area (Å²) in [5.74, 6) is 1.48. The summed E-state index contributed by atoms with van der Waals surface area (Å²) < 4.78 is 6.59. The van der Waals surface area contributed by atoms with E-state index < -0.39 is 0 Å². The second kappa shape index (κ2) is 5.68. The van der Waals surface area contributed by atoms with Gasteiger partial charge in [0.15, 0.2) is 0 Å². The van der Waals surface area contributed by atoms with E-state index in [-0.39, 0.29) is 5.41 Å². The molecule has 0 aromatic heterocycles. The number of nitriles is 1. The van der Waals surface area contributed by atoms with E-state index in [1.54, 1.807) is 18.2 Å². The molecule has 0 aliphatic heterocycles. The second-order valence-electron chi connectivity index (χ2n) is 5.63. The maximum absolute atomic E-state index is 8.84. The standard InChI is InChI=1S/C17H16BrNO/c1-17(2,3)13-5-7-14(8-6-13)20-16-9-4-12(11-19)10-15(16)18/h4-10H,1-3H3. The van der Waals surface area contributed by atoms with E-state index in [9.17, 15) is 0 Å². The molecule has 0 fully saturated rings. The van der Waals surface area contributed by atoms with Crippen molar-refractivity contribution in [2.45, 2.75) is 26.2 Å². The highest BCUT2D eigenvalue weighted by Gasteiger charge is 2.13. The van der Waals surface area contributed by atoms with Crippen LogP contribution in [0.4, 0.5) is 0 Å². The Morgan fingerprint density at radius 3 is 2.20 bits per heavy atom.